The lowest BCUT2D eigenvalue weighted by molar-refractivity contribution is 0.0880. The fourth-order valence-electron chi connectivity index (χ4n) is 3.82. The van der Waals surface area contributed by atoms with E-state index < -0.39 is 17.4 Å². The highest BCUT2D eigenvalue weighted by Gasteiger charge is 2.32. The van der Waals surface area contributed by atoms with Crippen LogP contribution in [0.2, 0.25) is 0 Å². The first-order chi connectivity index (χ1) is 12.5. The summed E-state index contributed by atoms with van der Waals surface area (Å²) < 4.78 is 1.28. The van der Waals surface area contributed by atoms with Gasteiger partial charge < -0.3 is 5.73 Å². The molecule has 0 spiro atoms. The number of nitrogen functional groups attached to an aromatic ring is 1. The third-order valence-corrected chi connectivity index (χ3v) is 4.99. The van der Waals surface area contributed by atoms with Gasteiger partial charge in [0.1, 0.15) is 5.82 Å². The topological polar surface area (TPSA) is 94.2 Å². The molecule has 2 aromatic carbocycles. The van der Waals surface area contributed by atoms with Gasteiger partial charge in [0.25, 0.3) is 17.4 Å². The number of pyridine rings is 1. The summed E-state index contributed by atoms with van der Waals surface area (Å²) in [4.78, 5) is 36.3. The minimum Gasteiger partial charge on any atom is -0.384 e. The smallest absolute Gasteiger partial charge is 0.262 e. The first-order valence-corrected chi connectivity index (χ1v) is 8.17. The first-order valence-electron chi connectivity index (χ1n) is 8.17. The van der Waals surface area contributed by atoms with Crippen LogP contribution < -0.4 is 16.6 Å². The van der Waals surface area contributed by atoms with Crippen LogP contribution in [0, 0.1) is 0 Å². The van der Waals surface area contributed by atoms with E-state index in [0.29, 0.717) is 5.69 Å². The summed E-state index contributed by atoms with van der Waals surface area (Å²) >= 11 is 0. The van der Waals surface area contributed by atoms with Crippen molar-refractivity contribution in [1.29, 1.82) is 0 Å². The molecule has 6 nitrogen and oxygen atoms in total. The highest BCUT2D eigenvalue weighted by atomic mass is 16.2. The Hall–Kier alpha value is -3.67. The predicted octanol–water partition coefficient (Wildman–Crippen LogP) is 1.87. The Bertz CT molecular complexity index is 1210. The Morgan fingerprint density at radius 1 is 0.846 bits per heavy atom. The van der Waals surface area contributed by atoms with Gasteiger partial charge in [-0.2, -0.15) is 0 Å². The van der Waals surface area contributed by atoms with Crippen molar-refractivity contribution in [2.75, 3.05) is 5.73 Å². The first kappa shape index (κ1) is 14.7. The molecule has 0 saturated heterocycles. The molecule has 6 heteroatoms. The maximum atomic E-state index is 12.6. The maximum absolute atomic E-state index is 12.6. The van der Waals surface area contributed by atoms with E-state index in [2.05, 4.69) is 17.4 Å². The number of benzene rings is 2. The molecule has 1 aliphatic carbocycles. The van der Waals surface area contributed by atoms with Crippen molar-refractivity contribution in [1.82, 2.24) is 9.88 Å². The lowest BCUT2D eigenvalue weighted by Crippen LogP contribution is -2.24. The molecule has 0 unspecified atom stereocenters. The van der Waals surface area contributed by atoms with Gasteiger partial charge in [0.05, 0.1) is 16.8 Å². The van der Waals surface area contributed by atoms with Gasteiger partial charge in [-0.15, -0.1) is 0 Å². The lowest BCUT2D eigenvalue weighted by atomic mass is 10.1. The minimum atomic E-state index is -0.592. The van der Waals surface area contributed by atoms with E-state index >= 15 is 0 Å². The molecule has 126 valence electrons. The highest BCUT2D eigenvalue weighted by molar-refractivity contribution is 6.23. The standard InChI is InChI=1S/C20H13N3O3/c21-18-17-15(19(25)22-20(17)26)9-16(24)23(18)12-5-6-14-11(8-12)7-10-3-1-2-4-13(10)14/h1-6,8-9H,7,21H2,(H,22,25,26). The Morgan fingerprint density at radius 3 is 2.46 bits per heavy atom. The quantitative estimate of drug-likeness (QED) is 0.516. The van der Waals surface area contributed by atoms with Crippen molar-refractivity contribution in [2.45, 2.75) is 6.42 Å². The van der Waals surface area contributed by atoms with Crippen molar-refractivity contribution in [3.63, 3.8) is 0 Å². The lowest BCUT2D eigenvalue weighted by Gasteiger charge is -2.13. The SMILES string of the molecule is Nc1c2c(cc(=O)n1-c1ccc3c(c1)Cc1ccccc1-3)C(=O)NC2=O. The van der Waals surface area contributed by atoms with Gasteiger partial charge in [-0.25, -0.2) is 0 Å². The Balaban J connectivity index is 1.71. The van der Waals surface area contributed by atoms with Gasteiger partial charge in [-0.1, -0.05) is 30.3 Å². The largest absolute Gasteiger partial charge is 0.384 e. The van der Waals surface area contributed by atoms with Crippen LogP contribution >= 0.6 is 0 Å². The molecule has 5 rings (SSSR count). The van der Waals surface area contributed by atoms with E-state index in [4.69, 9.17) is 5.73 Å². The fraction of sp³-hybridized carbons (Fsp3) is 0.0500. The fourth-order valence-corrected chi connectivity index (χ4v) is 3.82. The molecular weight excluding hydrogens is 330 g/mol. The number of aromatic nitrogens is 1. The van der Waals surface area contributed by atoms with E-state index in [9.17, 15) is 14.4 Å². The van der Waals surface area contributed by atoms with E-state index in [1.807, 2.05) is 24.3 Å². The van der Waals surface area contributed by atoms with Gasteiger partial charge in [0.2, 0.25) is 0 Å². The number of hydrogen-bond acceptors (Lipinski definition) is 4. The maximum Gasteiger partial charge on any atom is 0.262 e. The van der Waals surface area contributed by atoms with Crippen LogP contribution in [0.4, 0.5) is 5.82 Å². The molecule has 1 aromatic heterocycles. The average Bonchev–Trinajstić information content (AvgIpc) is 3.11. The van der Waals surface area contributed by atoms with Gasteiger partial charge in [-0.05, 0) is 40.8 Å². The summed E-state index contributed by atoms with van der Waals surface area (Å²) in [7, 11) is 0. The van der Waals surface area contributed by atoms with Gasteiger partial charge in [0, 0.05) is 6.07 Å². The highest BCUT2D eigenvalue weighted by Crippen LogP contribution is 2.37. The van der Waals surface area contributed by atoms with Crippen LogP contribution in [0.1, 0.15) is 31.8 Å². The predicted molar refractivity (Wildman–Crippen MR) is 96.5 cm³/mol. The van der Waals surface area contributed by atoms with E-state index in [0.717, 1.165) is 23.6 Å². The van der Waals surface area contributed by atoms with Crippen LogP contribution in [-0.4, -0.2) is 16.4 Å². The second kappa shape index (κ2) is 4.92. The molecule has 0 bridgehead atoms. The molecule has 2 heterocycles. The van der Waals surface area contributed by atoms with Crippen molar-refractivity contribution in [3.05, 3.63) is 81.1 Å². The van der Waals surface area contributed by atoms with Crippen LogP contribution in [0.3, 0.4) is 0 Å². The molecule has 0 saturated carbocycles. The number of imide groups is 1. The normalized spacial score (nSPS) is 14.0. The number of amides is 2. The Morgan fingerprint density at radius 2 is 1.62 bits per heavy atom. The van der Waals surface area contributed by atoms with Crippen LogP contribution in [-0.2, 0) is 6.42 Å². The monoisotopic (exact) mass is 343 g/mol. The van der Waals surface area contributed by atoms with Gasteiger partial charge in [-0.3, -0.25) is 24.3 Å². The summed E-state index contributed by atoms with van der Waals surface area (Å²) in [5, 5.41) is 2.17. The van der Waals surface area contributed by atoms with E-state index in [-0.39, 0.29) is 16.9 Å². The zero-order chi connectivity index (χ0) is 18.0. The second-order valence-corrected chi connectivity index (χ2v) is 6.45. The molecule has 0 radical (unpaired) electrons. The zero-order valence-electron chi connectivity index (χ0n) is 13.6. The zero-order valence-corrected chi connectivity index (χ0v) is 13.6. The molecule has 3 aromatic rings. The molecule has 2 amide bonds. The van der Waals surface area contributed by atoms with Gasteiger partial charge >= 0.3 is 0 Å². The molecule has 1 aliphatic heterocycles. The van der Waals surface area contributed by atoms with Crippen LogP contribution in [0.15, 0.2) is 53.3 Å². The summed E-state index contributed by atoms with van der Waals surface area (Å²) in [5.74, 6) is -1.19. The summed E-state index contributed by atoms with van der Waals surface area (Å²) in [5.41, 5.74) is 11.0. The Labute approximate surface area is 147 Å². The number of fused-ring (bicyclic) bond motifs is 4. The third-order valence-electron chi connectivity index (χ3n) is 4.99. The third kappa shape index (κ3) is 1.84. The van der Waals surface area contributed by atoms with Crippen molar-refractivity contribution in [3.8, 4) is 16.8 Å². The molecule has 0 fully saturated rings. The molecule has 0 atom stereocenters. The van der Waals surface area contributed by atoms with Crippen molar-refractivity contribution in [2.24, 2.45) is 0 Å². The summed E-state index contributed by atoms with van der Waals surface area (Å²) in [6, 6.07) is 15.0. The number of anilines is 1. The number of nitrogens with one attached hydrogen (secondary N) is 1. The van der Waals surface area contributed by atoms with Gasteiger partial charge in [0.15, 0.2) is 0 Å². The number of carbonyl (C=O) groups excluding carboxylic acids is 2. The number of hydrogen-bond donors (Lipinski definition) is 2. The summed E-state index contributed by atoms with van der Waals surface area (Å²) in [6.45, 7) is 0. The molecule has 3 N–H and O–H groups in total. The molecular formula is C20H13N3O3. The number of nitrogens with zero attached hydrogens (tertiary/aromatic N) is 1. The average molecular weight is 343 g/mol. The number of rotatable bonds is 1. The molecule has 2 aliphatic rings. The summed E-state index contributed by atoms with van der Waals surface area (Å²) in [6.07, 6.45) is 0.776. The van der Waals surface area contributed by atoms with Crippen LogP contribution in [0.5, 0.6) is 0 Å². The van der Waals surface area contributed by atoms with Crippen molar-refractivity contribution < 1.29 is 9.59 Å². The number of carbonyl (C=O) groups is 2. The Kier molecular flexibility index (Phi) is 2.77. The van der Waals surface area contributed by atoms with E-state index in [1.54, 1.807) is 6.07 Å². The second-order valence-electron chi connectivity index (χ2n) is 6.45. The number of nitrogens with two attached hydrogens (primary N) is 1. The molecule has 26 heavy (non-hydrogen) atoms. The minimum absolute atomic E-state index is 0.0219. The van der Waals surface area contributed by atoms with Crippen molar-refractivity contribution >= 4 is 17.6 Å². The van der Waals surface area contributed by atoms with E-state index in [1.165, 1.54) is 15.7 Å². The van der Waals surface area contributed by atoms with Crippen LogP contribution in [0.25, 0.3) is 16.8 Å².